The van der Waals surface area contributed by atoms with E-state index in [0.717, 1.165) is 27.8 Å². The zero-order valence-corrected chi connectivity index (χ0v) is 26.6. The average Bonchev–Trinajstić information content (AvgIpc) is 3.67. The third-order valence-corrected chi connectivity index (χ3v) is 8.89. The number of anilines is 1. The van der Waals surface area contributed by atoms with Crippen LogP contribution in [0.1, 0.15) is 87.5 Å². The number of amides is 3. The number of carboxylic acid groups (broad SMARTS) is 1. The second-order valence-electron chi connectivity index (χ2n) is 11.5. The highest BCUT2D eigenvalue weighted by Gasteiger charge is 2.29. The van der Waals surface area contributed by atoms with Crippen molar-refractivity contribution in [1.82, 2.24) is 25.2 Å². The second-order valence-corrected chi connectivity index (χ2v) is 11.9. The Morgan fingerprint density at radius 1 is 0.936 bits per heavy atom. The van der Waals surface area contributed by atoms with E-state index < -0.39 is 29.7 Å². The molecule has 2 heterocycles. The molecule has 5 aromatic rings. The third kappa shape index (κ3) is 6.17. The SMILES string of the molecule is Cc1ccc(CNC(=O)c2cc(C(=O)N[C@@H]3CCc4c3ccc(C(=O)O)c4C)n3ncc(C(=O)Nc4ccccc4Cl)c3n2)cc1C. The number of aryl methyl sites for hydroxylation is 2. The van der Waals surface area contributed by atoms with Gasteiger partial charge >= 0.3 is 5.97 Å². The van der Waals surface area contributed by atoms with Gasteiger partial charge in [-0.3, -0.25) is 14.4 Å². The van der Waals surface area contributed by atoms with Crippen LogP contribution in [-0.4, -0.2) is 43.4 Å². The number of nitrogens with zero attached hydrogens (tertiary/aromatic N) is 3. The van der Waals surface area contributed by atoms with Gasteiger partial charge in [0.2, 0.25) is 0 Å². The van der Waals surface area contributed by atoms with Crippen molar-refractivity contribution in [2.24, 2.45) is 0 Å². The van der Waals surface area contributed by atoms with Crippen LogP contribution in [-0.2, 0) is 13.0 Å². The zero-order chi connectivity index (χ0) is 33.4. The van der Waals surface area contributed by atoms with Crippen molar-refractivity contribution in [1.29, 1.82) is 0 Å². The molecule has 238 valence electrons. The van der Waals surface area contributed by atoms with E-state index in [1.165, 1.54) is 16.8 Å². The zero-order valence-electron chi connectivity index (χ0n) is 25.8. The van der Waals surface area contributed by atoms with E-state index >= 15 is 0 Å². The monoisotopic (exact) mass is 650 g/mol. The normalized spacial score (nSPS) is 13.7. The summed E-state index contributed by atoms with van der Waals surface area (Å²) >= 11 is 6.25. The number of nitrogens with one attached hydrogen (secondary N) is 3. The van der Waals surface area contributed by atoms with Gasteiger partial charge in [0, 0.05) is 12.6 Å². The van der Waals surface area contributed by atoms with E-state index in [2.05, 4.69) is 26.0 Å². The fourth-order valence-electron chi connectivity index (χ4n) is 5.83. The van der Waals surface area contributed by atoms with Crippen molar-refractivity contribution in [3.63, 3.8) is 0 Å². The molecule has 0 fully saturated rings. The number of benzene rings is 3. The molecule has 47 heavy (non-hydrogen) atoms. The number of halogens is 1. The Morgan fingerprint density at radius 3 is 2.47 bits per heavy atom. The lowest BCUT2D eigenvalue weighted by molar-refractivity contribution is 0.0695. The Bertz CT molecular complexity index is 2110. The molecule has 0 radical (unpaired) electrons. The minimum atomic E-state index is -1.01. The molecule has 12 heteroatoms. The molecule has 11 nitrogen and oxygen atoms in total. The number of rotatable bonds is 8. The summed E-state index contributed by atoms with van der Waals surface area (Å²) in [6.45, 7) is 5.99. The summed E-state index contributed by atoms with van der Waals surface area (Å²) in [5.41, 5.74) is 6.06. The molecule has 0 saturated carbocycles. The summed E-state index contributed by atoms with van der Waals surface area (Å²) in [5, 5.41) is 22.8. The van der Waals surface area contributed by atoms with Gasteiger partial charge in [-0.2, -0.15) is 5.10 Å². The number of hydrogen-bond acceptors (Lipinski definition) is 6. The fourth-order valence-corrected chi connectivity index (χ4v) is 6.02. The lowest BCUT2D eigenvalue weighted by atomic mass is 9.98. The van der Waals surface area contributed by atoms with Crippen LogP contribution in [0.25, 0.3) is 5.65 Å². The quantitative estimate of drug-likeness (QED) is 0.170. The molecular weight excluding hydrogens is 620 g/mol. The van der Waals surface area contributed by atoms with Crippen molar-refractivity contribution >= 4 is 46.6 Å². The molecule has 4 N–H and O–H groups in total. The first-order chi connectivity index (χ1) is 22.5. The first-order valence-electron chi connectivity index (χ1n) is 15.0. The van der Waals surface area contributed by atoms with Gasteiger partial charge in [0.15, 0.2) is 5.65 Å². The van der Waals surface area contributed by atoms with Gasteiger partial charge in [-0.15, -0.1) is 0 Å². The van der Waals surface area contributed by atoms with Gasteiger partial charge in [-0.25, -0.2) is 14.3 Å². The summed E-state index contributed by atoms with van der Waals surface area (Å²) in [7, 11) is 0. The van der Waals surface area contributed by atoms with Crippen molar-refractivity contribution < 1.29 is 24.3 Å². The summed E-state index contributed by atoms with van der Waals surface area (Å²) in [4.78, 5) is 56.8. The van der Waals surface area contributed by atoms with Gasteiger partial charge in [0.25, 0.3) is 17.7 Å². The predicted molar refractivity (Wildman–Crippen MR) is 176 cm³/mol. The second kappa shape index (κ2) is 12.7. The van der Waals surface area contributed by atoms with Crippen LogP contribution >= 0.6 is 11.6 Å². The number of para-hydroxylation sites is 1. The molecule has 1 aliphatic carbocycles. The highest BCUT2D eigenvalue weighted by molar-refractivity contribution is 6.34. The summed E-state index contributed by atoms with van der Waals surface area (Å²) in [6.07, 6.45) is 2.44. The molecular formula is C35H31ClN6O5. The number of fused-ring (bicyclic) bond motifs is 2. The maximum absolute atomic E-state index is 13.9. The summed E-state index contributed by atoms with van der Waals surface area (Å²) < 4.78 is 1.23. The molecule has 0 aliphatic heterocycles. The molecule has 3 aromatic carbocycles. The van der Waals surface area contributed by atoms with Gasteiger partial charge < -0.3 is 21.1 Å². The Morgan fingerprint density at radius 2 is 1.72 bits per heavy atom. The number of hydrogen-bond donors (Lipinski definition) is 4. The van der Waals surface area contributed by atoms with Gasteiger partial charge in [-0.1, -0.05) is 48.0 Å². The van der Waals surface area contributed by atoms with Crippen LogP contribution in [0.5, 0.6) is 0 Å². The Balaban J connectivity index is 1.34. The van der Waals surface area contributed by atoms with Crippen LogP contribution in [0.15, 0.2) is 66.9 Å². The van der Waals surface area contributed by atoms with E-state index in [0.29, 0.717) is 29.1 Å². The number of aromatic carboxylic acids is 1. The minimum Gasteiger partial charge on any atom is -0.478 e. The van der Waals surface area contributed by atoms with Crippen LogP contribution < -0.4 is 16.0 Å². The molecule has 0 saturated heterocycles. The highest BCUT2D eigenvalue weighted by Crippen LogP contribution is 2.35. The van der Waals surface area contributed by atoms with Crippen LogP contribution in [0.3, 0.4) is 0 Å². The maximum atomic E-state index is 13.9. The lowest BCUT2D eigenvalue weighted by Gasteiger charge is -2.16. The van der Waals surface area contributed by atoms with Crippen molar-refractivity contribution in [3.05, 3.63) is 128 Å². The minimum absolute atomic E-state index is 0.00421. The molecule has 6 rings (SSSR count). The summed E-state index contributed by atoms with van der Waals surface area (Å²) in [6, 6.07) is 16.8. The highest BCUT2D eigenvalue weighted by atomic mass is 35.5. The maximum Gasteiger partial charge on any atom is 0.335 e. The first kappa shape index (κ1) is 31.4. The predicted octanol–water partition coefficient (Wildman–Crippen LogP) is 5.61. The number of carbonyl (C=O) groups is 4. The smallest absolute Gasteiger partial charge is 0.335 e. The third-order valence-electron chi connectivity index (χ3n) is 8.56. The fraction of sp³-hybridized carbons (Fsp3) is 0.200. The molecule has 3 amide bonds. The summed E-state index contributed by atoms with van der Waals surface area (Å²) in [5.74, 6) is -2.66. The van der Waals surface area contributed by atoms with Gasteiger partial charge in [0.1, 0.15) is 17.0 Å². The molecule has 0 bridgehead atoms. The Labute approximate surface area is 275 Å². The van der Waals surface area contributed by atoms with Crippen LogP contribution in [0.2, 0.25) is 5.02 Å². The van der Waals surface area contributed by atoms with E-state index in [1.54, 1.807) is 43.3 Å². The molecule has 2 aromatic heterocycles. The van der Waals surface area contributed by atoms with Gasteiger partial charge in [0.05, 0.1) is 28.5 Å². The largest absolute Gasteiger partial charge is 0.478 e. The molecule has 1 atom stereocenters. The van der Waals surface area contributed by atoms with E-state index in [-0.39, 0.29) is 34.7 Å². The van der Waals surface area contributed by atoms with E-state index in [4.69, 9.17) is 11.6 Å². The standard InChI is InChI=1S/C35H31ClN6O5/c1-18-8-9-21(14-19(18)2)16-37-33(44)29-15-30(34(45)40-27-13-12-22-20(3)23(35(46)47)10-11-24(22)27)42-31(39-29)25(17-38-42)32(43)41-28-7-5-4-6-26(28)36/h4-11,14-15,17,27H,12-13,16H2,1-3H3,(H,37,44)(H,40,45)(H,41,43)(H,46,47)/t27-/m1/s1. The Kier molecular flexibility index (Phi) is 8.48. The van der Waals surface area contributed by atoms with Crippen LogP contribution in [0.4, 0.5) is 5.69 Å². The average molecular weight is 651 g/mol. The number of aromatic nitrogens is 3. The van der Waals surface area contributed by atoms with Crippen molar-refractivity contribution in [2.75, 3.05) is 5.32 Å². The van der Waals surface area contributed by atoms with E-state index in [9.17, 15) is 24.3 Å². The Hall–Kier alpha value is -5.55. The number of carbonyl (C=O) groups excluding carboxylic acids is 3. The molecule has 1 aliphatic rings. The van der Waals surface area contributed by atoms with Crippen LogP contribution in [0, 0.1) is 20.8 Å². The lowest BCUT2D eigenvalue weighted by Crippen LogP contribution is -2.31. The molecule has 0 spiro atoms. The van der Waals surface area contributed by atoms with E-state index in [1.807, 2.05) is 32.0 Å². The van der Waals surface area contributed by atoms with Gasteiger partial charge in [-0.05, 0) is 85.2 Å². The topological polar surface area (TPSA) is 155 Å². The first-order valence-corrected chi connectivity index (χ1v) is 15.3. The number of carboxylic acids is 1. The van der Waals surface area contributed by atoms with Crippen molar-refractivity contribution in [2.45, 2.75) is 46.2 Å². The van der Waals surface area contributed by atoms with Crippen molar-refractivity contribution in [3.8, 4) is 0 Å². The molecule has 0 unspecified atom stereocenters.